The molecule has 0 heterocycles. The van der Waals surface area contributed by atoms with Crippen molar-refractivity contribution in [2.24, 2.45) is 41.4 Å². The molecule has 114 valence electrons. The van der Waals surface area contributed by atoms with Crippen LogP contribution in [0, 0.1) is 41.4 Å². The van der Waals surface area contributed by atoms with Gasteiger partial charge in [0.05, 0.1) is 0 Å². The van der Waals surface area contributed by atoms with Gasteiger partial charge < -0.3 is 0 Å². The molecule has 0 amide bonds. The molecular formula is C19H22GeO2. The summed E-state index contributed by atoms with van der Waals surface area (Å²) in [6, 6.07) is 8.30. The van der Waals surface area contributed by atoms with Gasteiger partial charge in [-0.2, -0.15) is 0 Å². The molecule has 0 aliphatic heterocycles. The number of hydrogen-bond acceptors (Lipinski definition) is 2. The van der Waals surface area contributed by atoms with Gasteiger partial charge in [-0.25, -0.2) is 0 Å². The fourth-order valence-corrected chi connectivity index (χ4v) is 11.2. The second-order valence-corrected chi connectivity index (χ2v) is 16.4. The summed E-state index contributed by atoms with van der Waals surface area (Å²) in [7, 11) is 1.71. The van der Waals surface area contributed by atoms with E-state index >= 15 is 0 Å². The Kier molecular flexibility index (Phi) is 2.02. The quantitative estimate of drug-likeness (QED) is 0.752. The van der Waals surface area contributed by atoms with E-state index < -0.39 is 13.6 Å². The average Bonchev–Trinajstić information content (AvgIpc) is 2.53. The van der Waals surface area contributed by atoms with Crippen LogP contribution in [0.3, 0.4) is 0 Å². The van der Waals surface area contributed by atoms with Crippen LogP contribution in [-0.4, -0.2) is 26.3 Å². The fraction of sp³-hybridized carbons (Fsp3) is 0.579. The Morgan fingerprint density at radius 3 is 2.09 bits per heavy atom. The van der Waals surface area contributed by atoms with Gasteiger partial charge in [-0.1, -0.05) is 0 Å². The van der Waals surface area contributed by atoms with Crippen molar-refractivity contribution in [2.75, 3.05) is 7.11 Å². The van der Waals surface area contributed by atoms with Crippen molar-refractivity contribution in [2.45, 2.75) is 17.1 Å². The molecule has 0 bridgehead atoms. The Labute approximate surface area is 134 Å². The van der Waals surface area contributed by atoms with Crippen LogP contribution in [0.4, 0.5) is 0 Å². The topological polar surface area (TPSA) is 18.5 Å². The summed E-state index contributed by atoms with van der Waals surface area (Å²) in [6.45, 7) is 0. The number of ether oxygens (including phenoxy) is 1. The van der Waals surface area contributed by atoms with Crippen molar-refractivity contribution in [3.63, 3.8) is 0 Å². The van der Waals surface area contributed by atoms with Crippen molar-refractivity contribution in [3.8, 4) is 5.75 Å². The first kappa shape index (κ1) is 12.7. The van der Waals surface area contributed by atoms with Gasteiger partial charge in [0.25, 0.3) is 0 Å². The standard InChI is InChI=1S/C19H22GeO2/c1-20(2,9-8-10-4-6-11(21-3)7-5-10)22-19-16-13-12-14(16)18(19)15(12)17(13)19/h4-9,12-18H,1-3H3/b9-8+. The number of methoxy groups -OCH3 is 1. The molecule has 6 aliphatic rings. The van der Waals surface area contributed by atoms with E-state index in [2.05, 4.69) is 34.6 Å². The molecule has 22 heavy (non-hydrogen) atoms. The zero-order chi connectivity index (χ0) is 14.9. The molecule has 6 saturated carbocycles. The monoisotopic (exact) mass is 356 g/mol. The average molecular weight is 355 g/mol. The molecule has 2 nitrogen and oxygen atoms in total. The van der Waals surface area contributed by atoms with E-state index in [0.29, 0.717) is 5.60 Å². The van der Waals surface area contributed by atoms with Crippen molar-refractivity contribution in [1.82, 2.24) is 0 Å². The Hall–Kier alpha value is -0.737. The molecule has 0 radical (unpaired) electrons. The van der Waals surface area contributed by atoms with Crippen molar-refractivity contribution in [3.05, 3.63) is 34.7 Å². The van der Waals surface area contributed by atoms with Crippen LogP contribution in [0.15, 0.2) is 29.2 Å². The summed E-state index contributed by atoms with van der Waals surface area (Å²) < 4.78 is 12.1. The van der Waals surface area contributed by atoms with Crippen LogP contribution in [-0.2, 0) is 3.76 Å². The van der Waals surface area contributed by atoms with Crippen molar-refractivity contribution >= 4 is 19.7 Å². The third-order valence-corrected chi connectivity index (χ3v) is 11.5. The van der Waals surface area contributed by atoms with E-state index in [9.17, 15) is 0 Å². The van der Waals surface area contributed by atoms with Gasteiger partial charge in [-0.3, -0.25) is 0 Å². The molecule has 0 N–H and O–H groups in total. The zero-order valence-corrected chi connectivity index (χ0v) is 15.4. The maximum atomic E-state index is 6.88. The fourth-order valence-electron chi connectivity index (χ4n) is 7.03. The van der Waals surface area contributed by atoms with Gasteiger partial charge in [0.1, 0.15) is 0 Å². The minimum atomic E-state index is -2.27. The summed E-state index contributed by atoms with van der Waals surface area (Å²) in [5.74, 6) is 13.2. The molecule has 0 spiro atoms. The summed E-state index contributed by atoms with van der Waals surface area (Å²) >= 11 is -2.27. The first-order valence-corrected chi connectivity index (χ1v) is 14.9. The Balaban J connectivity index is 1.19. The molecule has 0 atom stereocenters. The first-order valence-electron chi connectivity index (χ1n) is 8.62. The first-order chi connectivity index (χ1) is 10.6. The summed E-state index contributed by atoms with van der Waals surface area (Å²) in [5.41, 5.74) is 1.65. The molecule has 1 aromatic rings. The third-order valence-electron chi connectivity index (χ3n) is 7.62. The Bertz CT molecular complexity index is 654. The molecule has 6 aliphatic carbocycles. The van der Waals surface area contributed by atoms with E-state index in [4.69, 9.17) is 8.50 Å². The zero-order valence-electron chi connectivity index (χ0n) is 13.3. The van der Waals surface area contributed by atoms with Crippen LogP contribution in [0.25, 0.3) is 6.08 Å². The van der Waals surface area contributed by atoms with Gasteiger partial charge in [-0.05, 0) is 0 Å². The van der Waals surface area contributed by atoms with Crippen LogP contribution in [0.5, 0.6) is 5.75 Å². The maximum absolute atomic E-state index is 6.88. The SMILES string of the molecule is COc1ccc(/C=[CH]/[Ge]([CH3])([CH3])[O]C23C4C5C6C4C2C6C53)cc1. The van der Waals surface area contributed by atoms with Gasteiger partial charge in [0, 0.05) is 0 Å². The number of hydrogen-bond donors (Lipinski definition) is 0. The van der Waals surface area contributed by atoms with E-state index in [0.717, 1.165) is 41.3 Å². The molecule has 3 heteroatoms. The van der Waals surface area contributed by atoms with E-state index in [1.807, 2.05) is 12.1 Å². The van der Waals surface area contributed by atoms with Gasteiger partial charge >= 0.3 is 134 Å². The van der Waals surface area contributed by atoms with Crippen molar-refractivity contribution in [1.29, 1.82) is 0 Å². The predicted molar refractivity (Wildman–Crippen MR) is 87.8 cm³/mol. The molecule has 0 saturated heterocycles. The molecule has 7 rings (SSSR count). The minimum absolute atomic E-state index is 0.405. The van der Waals surface area contributed by atoms with Crippen LogP contribution in [0.2, 0.25) is 11.5 Å². The number of rotatable bonds is 5. The van der Waals surface area contributed by atoms with Crippen LogP contribution < -0.4 is 4.74 Å². The van der Waals surface area contributed by atoms with Gasteiger partial charge in [0.15, 0.2) is 0 Å². The molecule has 6 fully saturated rings. The Morgan fingerprint density at radius 2 is 1.55 bits per heavy atom. The van der Waals surface area contributed by atoms with Crippen LogP contribution >= 0.6 is 0 Å². The van der Waals surface area contributed by atoms with Gasteiger partial charge in [0.2, 0.25) is 0 Å². The number of benzene rings is 1. The van der Waals surface area contributed by atoms with Crippen LogP contribution in [0.1, 0.15) is 5.56 Å². The molecule has 0 aromatic heterocycles. The predicted octanol–water partition coefficient (Wildman–Crippen LogP) is 3.59. The normalized spacial score (nSPS) is 51.1. The third kappa shape index (κ3) is 1.08. The summed E-state index contributed by atoms with van der Waals surface area (Å²) in [5, 5.41) is 0. The van der Waals surface area contributed by atoms with E-state index in [1.165, 1.54) is 11.5 Å². The van der Waals surface area contributed by atoms with E-state index in [1.54, 1.807) is 7.11 Å². The second-order valence-electron chi connectivity index (χ2n) is 8.55. The second kappa shape index (κ2) is 3.51. The van der Waals surface area contributed by atoms with E-state index in [-0.39, 0.29) is 0 Å². The summed E-state index contributed by atoms with van der Waals surface area (Å²) in [6.07, 6.45) is 2.26. The van der Waals surface area contributed by atoms with Crippen molar-refractivity contribution < 1.29 is 8.50 Å². The molecule has 0 unspecified atom stereocenters. The Morgan fingerprint density at radius 1 is 0.955 bits per heavy atom. The van der Waals surface area contributed by atoms with Gasteiger partial charge in [-0.15, -0.1) is 0 Å². The molecular weight excluding hydrogens is 333 g/mol. The summed E-state index contributed by atoms with van der Waals surface area (Å²) in [4.78, 5) is 2.42. The molecule has 1 aromatic carbocycles.